The van der Waals surface area contributed by atoms with Crippen LogP contribution in [0.5, 0.6) is 5.75 Å². The van der Waals surface area contributed by atoms with Crippen LogP contribution in [0.3, 0.4) is 0 Å². The predicted octanol–water partition coefficient (Wildman–Crippen LogP) is 7.63. The second-order valence-electron chi connectivity index (χ2n) is 8.90. The molecule has 168 valence electrons. The van der Waals surface area contributed by atoms with E-state index in [2.05, 4.69) is 41.2 Å². The van der Waals surface area contributed by atoms with Crippen molar-refractivity contribution in [1.29, 1.82) is 0 Å². The Morgan fingerprint density at radius 2 is 1.48 bits per heavy atom. The summed E-state index contributed by atoms with van der Waals surface area (Å²) in [6.07, 6.45) is 20.0. The number of esters is 1. The van der Waals surface area contributed by atoms with Crippen LogP contribution in [0.2, 0.25) is 0 Å². The van der Waals surface area contributed by atoms with Gasteiger partial charge in [0.25, 0.3) is 0 Å². The van der Waals surface area contributed by atoms with Gasteiger partial charge in [-0.1, -0.05) is 95.4 Å². The first-order valence-electron chi connectivity index (χ1n) is 12.4. The van der Waals surface area contributed by atoms with Gasteiger partial charge in [0.2, 0.25) is 0 Å². The summed E-state index contributed by atoms with van der Waals surface area (Å²) in [5.74, 6) is 1.59. The second kappa shape index (κ2) is 13.2. The van der Waals surface area contributed by atoms with Gasteiger partial charge in [0.1, 0.15) is 0 Å². The van der Waals surface area contributed by atoms with Gasteiger partial charge in [-0.3, -0.25) is 4.79 Å². The summed E-state index contributed by atoms with van der Waals surface area (Å²) in [4.78, 5) is 20.9. The lowest BCUT2D eigenvalue weighted by Crippen LogP contribution is -2.08. The third kappa shape index (κ3) is 8.08. The van der Waals surface area contributed by atoms with Crippen LogP contribution in [0, 0.1) is 0 Å². The fourth-order valence-corrected chi connectivity index (χ4v) is 4.44. The SMILES string of the molecule is CCCCCCCCCCC(=O)Oc1cnc(-c2ccc(C3CCCCC3)cc2)nc1. The minimum atomic E-state index is -0.195. The van der Waals surface area contributed by atoms with E-state index in [1.165, 1.54) is 76.2 Å². The quantitative estimate of drug-likeness (QED) is 0.261. The van der Waals surface area contributed by atoms with Crippen LogP contribution in [-0.2, 0) is 4.79 Å². The minimum Gasteiger partial charge on any atom is -0.423 e. The third-order valence-corrected chi connectivity index (χ3v) is 6.34. The van der Waals surface area contributed by atoms with Crippen molar-refractivity contribution < 1.29 is 9.53 Å². The van der Waals surface area contributed by atoms with Gasteiger partial charge in [-0.25, -0.2) is 9.97 Å². The molecule has 0 amide bonds. The van der Waals surface area contributed by atoms with Gasteiger partial charge in [0.05, 0.1) is 12.4 Å². The predicted molar refractivity (Wildman–Crippen MR) is 126 cm³/mol. The fourth-order valence-electron chi connectivity index (χ4n) is 4.44. The fraction of sp³-hybridized carbons (Fsp3) is 0.593. The van der Waals surface area contributed by atoms with Gasteiger partial charge in [-0.15, -0.1) is 0 Å². The standard InChI is InChI=1S/C27H38N2O2/c1-2-3-4-5-6-7-8-12-15-26(30)31-25-20-28-27(29-21-25)24-18-16-23(17-19-24)22-13-10-9-11-14-22/h16-22H,2-15H2,1H3. The van der Waals surface area contributed by atoms with Gasteiger partial charge < -0.3 is 4.74 Å². The molecule has 0 bridgehead atoms. The number of benzene rings is 1. The van der Waals surface area contributed by atoms with Crippen molar-refractivity contribution >= 4 is 5.97 Å². The van der Waals surface area contributed by atoms with Crippen molar-refractivity contribution in [2.45, 2.75) is 103 Å². The Balaban J connectivity index is 1.39. The van der Waals surface area contributed by atoms with E-state index < -0.39 is 0 Å². The summed E-state index contributed by atoms with van der Waals surface area (Å²) < 4.78 is 5.40. The highest BCUT2D eigenvalue weighted by Crippen LogP contribution is 2.33. The maximum absolute atomic E-state index is 12.1. The summed E-state index contributed by atoms with van der Waals surface area (Å²) in [5, 5.41) is 0. The topological polar surface area (TPSA) is 52.1 Å². The molecule has 3 rings (SSSR count). The summed E-state index contributed by atoms with van der Waals surface area (Å²) in [5.41, 5.74) is 2.42. The molecule has 0 aliphatic heterocycles. The molecule has 2 aromatic rings. The smallest absolute Gasteiger partial charge is 0.311 e. The van der Waals surface area contributed by atoms with E-state index >= 15 is 0 Å². The monoisotopic (exact) mass is 422 g/mol. The zero-order chi connectivity index (χ0) is 21.7. The molecule has 31 heavy (non-hydrogen) atoms. The highest BCUT2D eigenvalue weighted by atomic mass is 16.5. The van der Waals surface area contributed by atoms with Crippen LogP contribution in [0.15, 0.2) is 36.7 Å². The lowest BCUT2D eigenvalue weighted by atomic mass is 9.84. The summed E-state index contributed by atoms with van der Waals surface area (Å²) in [7, 11) is 0. The van der Waals surface area contributed by atoms with Crippen LogP contribution in [-0.4, -0.2) is 15.9 Å². The third-order valence-electron chi connectivity index (χ3n) is 6.34. The molecule has 1 aromatic carbocycles. The molecule has 0 unspecified atom stereocenters. The molecule has 4 heteroatoms. The molecule has 0 radical (unpaired) electrons. The number of nitrogens with zero attached hydrogens (tertiary/aromatic N) is 2. The Hall–Kier alpha value is -2.23. The Labute approximate surface area is 187 Å². The number of unbranched alkanes of at least 4 members (excludes halogenated alkanes) is 7. The molecular formula is C27H38N2O2. The molecule has 0 saturated heterocycles. The van der Waals surface area contributed by atoms with Gasteiger partial charge >= 0.3 is 5.97 Å². The van der Waals surface area contributed by atoms with Crippen LogP contribution < -0.4 is 4.74 Å². The van der Waals surface area contributed by atoms with Crippen molar-refractivity contribution in [2.24, 2.45) is 0 Å². The van der Waals surface area contributed by atoms with Gasteiger partial charge in [0, 0.05) is 12.0 Å². The number of carbonyl (C=O) groups excluding carboxylic acids is 1. The molecule has 1 aliphatic rings. The zero-order valence-electron chi connectivity index (χ0n) is 19.2. The van der Waals surface area contributed by atoms with Gasteiger partial charge in [-0.2, -0.15) is 0 Å². The normalized spacial score (nSPS) is 14.5. The van der Waals surface area contributed by atoms with Crippen molar-refractivity contribution in [3.8, 4) is 17.1 Å². The van der Waals surface area contributed by atoms with Crippen LogP contribution in [0.1, 0.15) is 108 Å². The number of ether oxygens (including phenoxy) is 1. The van der Waals surface area contributed by atoms with Crippen molar-refractivity contribution in [2.75, 3.05) is 0 Å². The number of hydrogen-bond donors (Lipinski definition) is 0. The maximum atomic E-state index is 12.1. The summed E-state index contributed by atoms with van der Waals surface area (Å²) in [6, 6.07) is 8.64. The van der Waals surface area contributed by atoms with Crippen LogP contribution in [0.25, 0.3) is 11.4 Å². The molecule has 1 saturated carbocycles. The molecule has 0 atom stereocenters. The van der Waals surface area contributed by atoms with Gasteiger partial charge in [0.15, 0.2) is 11.6 Å². The Morgan fingerprint density at radius 1 is 0.871 bits per heavy atom. The van der Waals surface area contributed by atoms with Gasteiger partial charge in [-0.05, 0) is 30.7 Å². The van der Waals surface area contributed by atoms with Crippen LogP contribution >= 0.6 is 0 Å². The average Bonchev–Trinajstić information content (AvgIpc) is 2.82. The van der Waals surface area contributed by atoms with E-state index in [0.717, 1.165) is 18.4 Å². The molecule has 1 aliphatic carbocycles. The Kier molecular flexibility index (Phi) is 10.0. The molecule has 1 aromatic heterocycles. The first-order valence-corrected chi connectivity index (χ1v) is 12.4. The number of carbonyl (C=O) groups is 1. The molecule has 1 heterocycles. The van der Waals surface area contributed by atoms with Crippen molar-refractivity contribution in [1.82, 2.24) is 9.97 Å². The minimum absolute atomic E-state index is 0.195. The second-order valence-corrected chi connectivity index (χ2v) is 8.90. The largest absolute Gasteiger partial charge is 0.423 e. The molecule has 1 fully saturated rings. The molecule has 4 nitrogen and oxygen atoms in total. The van der Waals surface area contributed by atoms with E-state index in [9.17, 15) is 4.79 Å². The number of aromatic nitrogens is 2. The first-order chi connectivity index (χ1) is 15.3. The molecule has 0 spiro atoms. The summed E-state index contributed by atoms with van der Waals surface area (Å²) >= 11 is 0. The lowest BCUT2D eigenvalue weighted by Gasteiger charge is -2.22. The highest BCUT2D eigenvalue weighted by molar-refractivity contribution is 5.72. The first kappa shape index (κ1) is 23.4. The average molecular weight is 423 g/mol. The van der Waals surface area contributed by atoms with Crippen molar-refractivity contribution in [3.63, 3.8) is 0 Å². The number of rotatable bonds is 12. The Morgan fingerprint density at radius 3 is 2.13 bits per heavy atom. The van der Waals surface area contributed by atoms with Crippen LogP contribution in [0.4, 0.5) is 0 Å². The number of hydrogen-bond acceptors (Lipinski definition) is 4. The van der Waals surface area contributed by atoms with E-state index in [1.807, 2.05) is 0 Å². The maximum Gasteiger partial charge on any atom is 0.311 e. The van der Waals surface area contributed by atoms with E-state index in [0.29, 0.717) is 23.9 Å². The summed E-state index contributed by atoms with van der Waals surface area (Å²) in [6.45, 7) is 2.24. The van der Waals surface area contributed by atoms with E-state index in [4.69, 9.17) is 4.74 Å². The molecule has 0 N–H and O–H groups in total. The molecular weight excluding hydrogens is 384 g/mol. The van der Waals surface area contributed by atoms with E-state index in [-0.39, 0.29) is 5.97 Å². The van der Waals surface area contributed by atoms with E-state index in [1.54, 1.807) is 12.4 Å². The lowest BCUT2D eigenvalue weighted by molar-refractivity contribution is -0.134. The highest BCUT2D eigenvalue weighted by Gasteiger charge is 2.15. The van der Waals surface area contributed by atoms with Crippen molar-refractivity contribution in [3.05, 3.63) is 42.2 Å². The Bertz CT molecular complexity index is 765. The zero-order valence-corrected chi connectivity index (χ0v) is 19.2.